The van der Waals surface area contributed by atoms with Crippen molar-refractivity contribution >= 4 is 22.3 Å². The van der Waals surface area contributed by atoms with Gasteiger partial charge in [0.1, 0.15) is 5.82 Å². The smallest absolute Gasteiger partial charge is 0.318 e. The fraction of sp³-hybridized carbons (Fsp3) is 0.485. The van der Waals surface area contributed by atoms with E-state index in [4.69, 9.17) is 14.7 Å². The molecule has 1 aliphatic carbocycles. The first-order valence-electron chi connectivity index (χ1n) is 15.0. The van der Waals surface area contributed by atoms with Crippen LogP contribution in [-0.4, -0.2) is 78.7 Å². The highest BCUT2D eigenvalue weighted by atomic mass is 16.5. The Morgan fingerprint density at radius 3 is 2.68 bits per heavy atom. The number of allylic oxidation sites excluding steroid dienone is 1. The molecule has 0 amide bonds. The van der Waals surface area contributed by atoms with E-state index in [0.29, 0.717) is 31.0 Å². The van der Waals surface area contributed by atoms with Crippen LogP contribution in [0.15, 0.2) is 54.7 Å². The summed E-state index contributed by atoms with van der Waals surface area (Å²) in [6.07, 6.45) is 7.93. The van der Waals surface area contributed by atoms with Crippen molar-refractivity contribution in [3.8, 4) is 12.1 Å². The summed E-state index contributed by atoms with van der Waals surface area (Å²) in [7, 11) is 4.30. The second-order valence-corrected chi connectivity index (χ2v) is 11.8. The molecule has 3 atom stereocenters. The second-order valence-electron chi connectivity index (χ2n) is 11.8. The number of benzene rings is 2. The van der Waals surface area contributed by atoms with Gasteiger partial charge in [0.25, 0.3) is 0 Å². The van der Waals surface area contributed by atoms with E-state index in [0.717, 1.165) is 50.7 Å². The van der Waals surface area contributed by atoms with Gasteiger partial charge in [-0.05, 0) is 57.9 Å². The zero-order valence-electron chi connectivity index (χ0n) is 24.5. The van der Waals surface area contributed by atoms with Crippen molar-refractivity contribution in [2.24, 2.45) is 5.92 Å². The van der Waals surface area contributed by atoms with Gasteiger partial charge < -0.3 is 24.3 Å². The maximum absolute atomic E-state index is 9.55. The number of nitrogens with zero attached hydrogens (tertiary/aromatic N) is 7. The number of aromatic nitrogens is 2. The predicted molar refractivity (Wildman–Crippen MR) is 164 cm³/mol. The van der Waals surface area contributed by atoms with Crippen molar-refractivity contribution in [3.63, 3.8) is 0 Å². The third-order valence-corrected chi connectivity index (χ3v) is 9.09. The fourth-order valence-electron chi connectivity index (χ4n) is 6.75. The van der Waals surface area contributed by atoms with E-state index in [1.54, 1.807) is 0 Å². The van der Waals surface area contributed by atoms with Gasteiger partial charge in [0.05, 0.1) is 37.4 Å². The number of hydrogen-bond acceptors (Lipinski definition) is 8. The van der Waals surface area contributed by atoms with E-state index in [1.165, 1.54) is 34.9 Å². The van der Waals surface area contributed by atoms with Gasteiger partial charge in [-0.25, -0.2) is 0 Å². The number of ether oxygens (including phenoxy) is 1. The molecule has 214 valence electrons. The van der Waals surface area contributed by atoms with E-state index in [1.807, 2.05) is 6.92 Å². The SMILES string of the molecule is CC=CN1CCN(c2nc(OCC3CCC3N(C)C)nc3c2CCN(c2cccc4ccccc24)C3)C[C@@H]1CC#N. The molecule has 41 heavy (non-hydrogen) atoms. The highest BCUT2D eigenvalue weighted by Gasteiger charge is 2.34. The highest BCUT2D eigenvalue weighted by Crippen LogP contribution is 2.36. The summed E-state index contributed by atoms with van der Waals surface area (Å²) >= 11 is 0. The largest absolute Gasteiger partial charge is 0.463 e. The molecule has 1 saturated carbocycles. The molecule has 3 aliphatic rings. The lowest BCUT2D eigenvalue weighted by atomic mass is 9.79. The lowest BCUT2D eigenvalue weighted by molar-refractivity contribution is 0.0610. The molecule has 3 heterocycles. The minimum atomic E-state index is 0.131. The average Bonchev–Trinajstić information content (AvgIpc) is 2.96. The molecule has 0 bridgehead atoms. The molecule has 3 aromatic rings. The second kappa shape index (κ2) is 12.0. The first kappa shape index (κ1) is 27.3. The Kier molecular flexibility index (Phi) is 7.97. The molecule has 8 nitrogen and oxygen atoms in total. The van der Waals surface area contributed by atoms with E-state index < -0.39 is 0 Å². The molecular formula is C33H41N7O. The Morgan fingerprint density at radius 2 is 1.90 bits per heavy atom. The normalized spacial score (nSPS) is 22.6. The van der Waals surface area contributed by atoms with Crippen LogP contribution in [0, 0.1) is 17.2 Å². The van der Waals surface area contributed by atoms with Crippen molar-refractivity contribution in [2.75, 3.05) is 56.7 Å². The molecule has 2 aliphatic heterocycles. The minimum Gasteiger partial charge on any atom is -0.463 e. The summed E-state index contributed by atoms with van der Waals surface area (Å²) in [6, 6.07) is 18.7. The van der Waals surface area contributed by atoms with Crippen LogP contribution in [0.4, 0.5) is 11.5 Å². The standard InChI is InChI=1S/C33H41N7O/c1-4-17-38-19-20-40(21-26(38)14-16-34)32-28-15-18-39(31-11-7-9-24-8-5-6-10-27(24)31)22-29(28)35-33(36-32)41-23-25-12-13-30(25)37(2)3/h4-11,17,25-26,30H,12-15,18-23H2,1-3H3/t25?,26-,30?/m0/s1. The van der Waals surface area contributed by atoms with Gasteiger partial charge in [0.2, 0.25) is 0 Å². The number of fused-ring (bicyclic) bond motifs is 2. The number of nitriles is 1. The average molecular weight is 552 g/mol. The van der Waals surface area contributed by atoms with Crippen LogP contribution < -0.4 is 14.5 Å². The Balaban J connectivity index is 1.31. The number of anilines is 2. The molecule has 1 aromatic heterocycles. The Bertz CT molecular complexity index is 1440. The third kappa shape index (κ3) is 5.56. The summed E-state index contributed by atoms with van der Waals surface area (Å²) in [5, 5.41) is 12.1. The maximum atomic E-state index is 9.55. The predicted octanol–water partition coefficient (Wildman–Crippen LogP) is 4.85. The summed E-state index contributed by atoms with van der Waals surface area (Å²) < 4.78 is 6.37. The topological polar surface area (TPSA) is 71.8 Å². The summed E-state index contributed by atoms with van der Waals surface area (Å²) in [5.41, 5.74) is 3.52. The molecule has 0 radical (unpaired) electrons. The lowest BCUT2D eigenvalue weighted by Gasteiger charge is -2.42. The van der Waals surface area contributed by atoms with Crippen LogP contribution in [0.3, 0.4) is 0 Å². The first-order chi connectivity index (χ1) is 20.1. The van der Waals surface area contributed by atoms with Crippen molar-refractivity contribution in [1.82, 2.24) is 19.8 Å². The van der Waals surface area contributed by atoms with E-state index >= 15 is 0 Å². The number of piperazine rings is 1. The van der Waals surface area contributed by atoms with Crippen LogP contribution in [0.25, 0.3) is 10.8 Å². The molecule has 2 unspecified atom stereocenters. The summed E-state index contributed by atoms with van der Waals surface area (Å²) in [4.78, 5) is 19.5. The van der Waals surface area contributed by atoms with Crippen molar-refractivity contribution in [1.29, 1.82) is 5.26 Å². The molecule has 0 spiro atoms. The van der Waals surface area contributed by atoms with E-state index in [-0.39, 0.29) is 6.04 Å². The van der Waals surface area contributed by atoms with Gasteiger partial charge in [0.15, 0.2) is 0 Å². The van der Waals surface area contributed by atoms with E-state index in [2.05, 4.69) is 94.5 Å². The molecule has 6 rings (SSSR count). The molecule has 2 fully saturated rings. The Morgan fingerprint density at radius 1 is 1.05 bits per heavy atom. The summed E-state index contributed by atoms with van der Waals surface area (Å²) in [6.45, 7) is 6.78. The molecule has 8 heteroatoms. The number of rotatable bonds is 8. The van der Waals surface area contributed by atoms with Gasteiger partial charge >= 0.3 is 6.01 Å². The highest BCUT2D eigenvalue weighted by molar-refractivity contribution is 5.94. The van der Waals surface area contributed by atoms with Gasteiger partial charge in [-0.3, -0.25) is 0 Å². The van der Waals surface area contributed by atoms with E-state index in [9.17, 15) is 5.26 Å². The van der Waals surface area contributed by atoms with Crippen molar-refractivity contribution in [2.45, 2.75) is 51.2 Å². The van der Waals surface area contributed by atoms with Crippen molar-refractivity contribution in [3.05, 3.63) is 66.0 Å². The van der Waals surface area contributed by atoms with Crippen LogP contribution in [-0.2, 0) is 13.0 Å². The zero-order chi connectivity index (χ0) is 28.3. The van der Waals surface area contributed by atoms with Gasteiger partial charge in [-0.1, -0.05) is 42.5 Å². The molecular weight excluding hydrogens is 510 g/mol. The summed E-state index contributed by atoms with van der Waals surface area (Å²) in [5.74, 6) is 1.49. The Labute approximate surface area is 243 Å². The molecule has 1 saturated heterocycles. The van der Waals surface area contributed by atoms with Crippen LogP contribution in [0.5, 0.6) is 6.01 Å². The van der Waals surface area contributed by atoms with Crippen LogP contribution >= 0.6 is 0 Å². The monoisotopic (exact) mass is 551 g/mol. The van der Waals surface area contributed by atoms with Gasteiger partial charge in [-0.2, -0.15) is 15.2 Å². The fourth-order valence-corrected chi connectivity index (χ4v) is 6.75. The quantitative estimate of drug-likeness (QED) is 0.394. The maximum Gasteiger partial charge on any atom is 0.318 e. The minimum absolute atomic E-state index is 0.131. The number of hydrogen-bond donors (Lipinski definition) is 0. The molecule has 0 N–H and O–H groups in total. The van der Waals surface area contributed by atoms with Gasteiger partial charge in [0, 0.05) is 54.8 Å². The van der Waals surface area contributed by atoms with Crippen LogP contribution in [0.2, 0.25) is 0 Å². The lowest BCUT2D eigenvalue weighted by Crippen LogP contribution is -2.51. The third-order valence-electron chi connectivity index (χ3n) is 9.09. The Hall–Kier alpha value is -3.83. The van der Waals surface area contributed by atoms with Gasteiger partial charge in [-0.15, -0.1) is 0 Å². The first-order valence-corrected chi connectivity index (χ1v) is 15.0. The van der Waals surface area contributed by atoms with Crippen LogP contribution in [0.1, 0.15) is 37.4 Å². The zero-order valence-corrected chi connectivity index (χ0v) is 24.5. The van der Waals surface area contributed by atoms with Crippen molar-refractivity contribution < 1.29 is 4.74 Å². The molecule has 2 aromatic carbocycles.